The first kappa shape index (κ1) is 17.4. The Labute approximate surface area is 155 Å². The van der Waals surface area contributed by atoms with E-state index in [1.54, 1.807) is 12.1 Å². The Kier molecular flexibility index (Phi) is 5.34. The van der Waals surface area contributed by atoms with Crippen molar-refractivity contribution in [2.75, 3.05) is 10.6 Å². The molecule has 25 heavy (non-hydrogen) atoms. The molecule has 1 aliphatic carbocycles. The van der Waals surface area contributed by atoms with Crippen LogP contribution >= 0.6 is 15.9 Å². The molecule has 0 aromatic heterocycles. The molecule has 0 radical (unpaired) electrons. The Balaban J connectivity index is 1.67. The van der Waals surface area contributed by atoms with Gasteiger partial charge < -0.3 is 10.6 Å². The van der Waals surface area contributed by atoms with E-state index in [2.05, 4.69) is 26.6 Å². The van der Waals surface area contributed by atoms with Crippen LogP contribution in [0.25, 0.3) is 6.08 Å². The molecule has 0 spiro atoms. The first-order valence-corrected chi connectivity index (χ1v) is 8.97. The maximum atomic E-state index is 12.2. The van der Waals surface area contributed by atoms with Gasteiger partial charge in [0.1, 0.15) is 0 Å². The molecule has 4 nitrogen and oxygen atoms in total. The number of rotatable bonds is 5. The molecule has 2 aromatic rings. The van der Waals surface area contributed by atoms with Gasteiger partial charge in [-0.05, 0) is 55.2 Å². The van der Waals surface area contributed by atoms with E-state index in [-0.39, 0.29) is 17.7 Å². The maximum Gasteiger partial charge on any atom is 0.248 e. The van der Waals surface area contributed by atoms with Crippen molar-refractivity contribution in [3.05, 3.63) is 64.1 Å². The molecule has 5 heteroatoms. The average Bonchev–Trinajstić information content (AvgIpc) is 3.42. The lowest BCUT2D eigenvalue weighted by molar-refractivity contribution is -0.117. The van der Waals surface area contributed by atoms with E-state index in [9.17, 15) is 9.59 Å². The van der Waals surface area contributed by atoms with Crippen molar-refractivity contribution >= 4 is 45.2 Å². The van der Waals surface area contributed by atoms with Gasteiger partial charge in [0.15, 0.2) is 0 Å². The van der Waals surface area contributed by atoms with Crippen molar-refractivity contribution in [2.24, 2.45) is 5.92 Å². The van der Waals surface area contributed by atoms with Crippen molar-refractivity contribution < 1.29 is 9.59 Å². The van der Waals surface area contributed by atoms with Crippen molar-refractivity contribution in [2.45, 2.75) is 19.8 Å². The van der Waals surface area contributed by atoms with Gasteiger partial charge in [-0.3, -0.25) is 9.59 Å². The molecule has 2 N–H and O–H groups in total. The Bertz CT molecular complexity index is 841. The quantitative estimate of drug-likeness (QED) is 0.713. The number of carbonyl (C=O) groups is 2. The first-order chi connectivity index (χ1) is 12.0. The molecule has 2 amide bonds. The molecule has 0 atom stereocenters. The second-order valence-corrected chi connectivity index (χ2v) is 6.99. The molecule has 0 bridgehead atoms. The summed E-state index contributed by atoms with van der Waals surface area (Å²) in [6.07, 6.45) is 5.17. The van der Waals surface area contributed by atoms with Crippen molar-refractivity contribution in [3.8, 4) is 0 Å². The number of nitrogens with one attached hydrogen (secondary N) is 2. The molecule has 0 aliphatic heterocycles. The van der Waals surface area contributed by atoms with E-state index in [0.717, 1.165) is 28.4 Å². The Hall–Kier alpha value is -2.40. The predicted octanol–water partition coefficient (Wildman–Crippen LogP) is 4.76. The highest BCUT2D eigenvalue weighted by Gasteiger charge is 2.29. The average molecular weight is 399 g/mol. The number of amides is 2. The summed E-state index contributed by atoms with van der Waals surface area (Å²) in [7, 11) is 0. The Morgan fingerprint density at radius 1 is 1.12 bits per heavy atom. The first-order valence-electron chi connectivity index (χ1n) is 8.18. The van der Waals surface area contributed by atoms with Crippen LogP contribution in [-0.2, 0) is 9.59 Å². The van der Waals surface area contributed by atoms with Gasteiger partial charge in [-0.25, -0.2) is 0 Å². The topological polar surface area (TPSA) is 58.2 Å². The lowest BCUT2D eigenvalue weighted by Gasteiger charge is -2.10. The lowest BCUT2D eigenvalue weighted by atomic mass is 10.1. The summed E-state index contributed by atoms with van der Waals surface area (Å²) in [5, 5.41) is 5.76. The van der Waals surface area contributed by atoms with E-state index in [4.69, 9.17) is 0 Å². The summed E-state index contributed by atoms with van der Waals surface area (Å²) in [6, 6.07) is 13.2. The summed E-state index contributed by atoms with van der Waals surface area (Å²) in [5.74, 6) is -0.0222. The SMILES string of the molecule is Cc1ccc(NC(=O)C2CC2)cc1NC(=O)/C=C/c1ccccc1Br. The number of benzene rings is 2. The van der Waals surface area contributed by atoms with E-state index in [1.807, 2.05) is 43.3 Å². The second kappa shape index (κ2) is 7.66. The van der Waals surface area contributed by atoms with Crippen LogP contribution < -0.4 is 10.6 Å². The number of hydrogen-bond donors (Lipinski definition) is 2. The smallest absolute Gasteiger partial charge is 0.248 e. The third kappa shape index (κ3) is 4.79. The zero-order valence-electron chi connectivity index (χ0n) is 13.9. The summed E-state index contributed by atoms with van der Waals surface area (Å²) < 4.78 is 0.931. The van der Waals surface area contributed by atoms with Crippen molar-refractivity contribution in [1.82, 2.24) is 0 Å². The standard InChI is InChI=1S/C20H19BrN2O2/c1-13-6-10-16(22-20(25)15-7-8-15)12-18(13)23-19(24)11-9-14-4-2-3-5-17(14)21/h2-6,9-12,15H,7-8H2,1H3,(H,22,25)(H,23,24)/b11-9+. The second-order valence-electron chi connectivity index (χ2n) is 6.14. The number of hydrogen-bond acceptors (Lipinski definition) is 2. The van der Waals surface area contributed by atoms with Crippen LogP contribution in [-0.4, -0.2) is 11.8 Å². The zero-order valence-corrected chi connectivity index (χ0v) is 15.5. The summed E-state index contributed by atoms with van der Waals surface area (Å²) in [4.78, 5) is 24.1. The molecule has 0 unspecified atom stereocenters. The van der Waals surface area contributed by atoms with Crippen LogP contribution in [0.1, 0.15) is 24.0 Å². The molecule has 2 aromatic carbocycles. The van der Waals surface area contributed by atoms with Crippen LogP contribution in [0.4, 0.5) is 11.4 Å². The molecule has 3 rings (SSSR count). The number of carbonyl (C=O) groups excluding carboxylic acids is 2. The highest BCUT2D eigenvalue weighted by molar-refractivity contribution is 9.10. The summed E-state index contributed by atoms with van der Waals surface area (Å²) >= 11 is 3.45. The maximum absolute atomic E-state index is 12.2. The van der Waals surface area contributed by atoms with Crippen LogP contribution in [0, 0.1) is 12.8 Å². The Morgan fingerprint density at radius 3 is 2.60 bits per heavy atom. The van der Waals surface area contributed by atoms with Gasteiger partial charge in [-0.15, -0.1) is 0 Å². The van der Waals surface area contributed by atoms with Gasteiger partial charge in [0, 0.05) is 27.8 Å². The number of anilines is 2. The predicted molar refractivity (Wildman–Crippen MR) is 104 cm³/mol. The third-order valence-electron chi connectivity index (χ3n) is 4.03. The molecule has 0 saturated heterocycles. The van der Waals surface area contributed by atoms with E-state index < -0.39 is 0 Å². The molecular weight excluding hydrogens is 380 g/mol. The van der Waals surface area contributed by atoms with Gasteiger partial charge in [0.05, 0.1) is 0 Å². The minimum atomic E-state index is -0.218. The zero-order chi connectivity index (χ0) is 17.8. The van der Waals surface area contributed by atoms with E-state index in [0.29, 0.717) is 11.4 Å². The minimum Gasteiger partial charge on any atom is -0.326 e. The van der Waals surface area contributed by atoms with Crippen molar-refractivity contribution in [1.29, 1.82) is 0 Å². The van der Waals surface area contributed by atoms with Crippen LogP contribution in [0.5, 0.6) is 0 Å². The fourth-order valence-corrected chi connectivity index (χ4v) is 2.79. The van der Waals surface area contributed by atoms with Gasteiger partial charge in [-0.1, -0.05) is 40.2 Å². The van der Waals surface area contributed by atoms with E-state index in [1.165, 1.54) is 6.08 Å². The fraction of sp³-hybridized carbons (Fsp3) is 0.200. The number of halogens is 1. The van der Waals surface area contributed by atoms with Gasteiger partial charge in [0.25, 0.3) is 0 Å². The lowest BCUT2D eigenvalue weighted by Crippen LogP contribution is -2.14. The molecule has 1 aliphatic rings. The van der Waals surface area contributed by atoms with E-state index >= 15 is 0 Å². The highest BCUT2D eigenvalue weighted by Crippen LogP contribution is 2.30. The van der Waals surface area contributed by atoms with Gasteiger partial charge in [0.2, 0.25) is 11.8 Å². The molecule has 1 fully saturated rings. The van der Waals surface area contributed by atoms with Crippen LogP contribution in [0.15, 0.2) is 53.0 Å². The van der Waals surface area contributed by atoms with Gasteiger partial charge >= 0.3 is 0 Å². The summed E-state index contributed by atoms with van der Waals surface area (Å²) in [6.45, 7) is 1.92. The largest absolute Gasteiger partial charge is 0.326 e. The molecule has 0 heterocycles. The molecular formula is C20H19BrN2O2. The Morgan fingerprint density at radius 2 is 1.88 bits per heavy atom. The normalized spacial score (nSPS) is 13.7. The third-order valence-corrected chi connectivity index (χ3v) is 4.75. The molecule has 1 saturated carbocycles. The highest BCUT2D eigenvalue weighted by atomic mass is 79.9. The van der Waals surface area contributed by atoms with Crippen LogP contribution in [0.3, 0.4) is 0 Å². The fourth-order valence-electron chi connectivity index (χ4n) is 2.37. The monoisotopic (exact) mass is 398 g/mol. The summed E-state index contributed by atoms with van der Waals surface area (Å²) in [5.41, 5.74) is 3.26. The molecule has 128 valence electrons. The van der Waals surface area contributed by atoms with Crippen LogP contribution in [0.2, 0.25) is 0 Å². The van der Waals surface area contributed by atoms with Crippen molar-refractivity contribution in [3.63, 3.8) is 0 Å². The number of aryl methyl sites for hydroxylation is 1. The van der Waals surface area contributed by atoms with Gasteiger partial charge in [-0.2, -0.15) is 0 Å². The minimum absolute atomic E-state index is 0.0509.